The standard InChI is InChI=1S/C11H12BrN5O2S/c1-7-2-3-14-6-9(7)17-20(18,19)10-4-8(12)5-15-11(10)16-13/h2-6,17H,13H2,1H3,(H,15,16). The molecule has 0 saturated carbocycles. The van der Waals surface area contributed by atoms with Crippen molar-refractivity contribution in [3.63, 3.8) is 0 Å². The van der Waals surface area contributed by atoms with Crippen LogP contribution in [0.4, 0.5) is 11.5 Å². The van der Waals surface area contributed by atoms with Crippen molar-refractivity contribution in [1.82, 2.24) is 9.97 Å². The Kier molecular flexibility index (Phi) is 4.21. The Labute approximate surface area is 124 Å². The lowest BCUT2D eigenvalue weighted by Crippen LogP contribution is -2.19. The summed E-state index contributed by atoms with van der Waals surface area (Å²) in [6.45, 7) is 1.78. The molecule has 0 aromatic carbocycles. The summed E-state index contributed by atoms with van der Waals surface area (Å²) in [6.07, 6.45) is 4.47. The molecular formula is C11H12BrN5O2S. The first-order chi connectivity index (χ1) is 9.44. The van der Waals surface area contributed by atoms with Crippen LogP contribution in [0, 0.1) is 6.92 Å². The smallest absolute Gasteiger partial charge is 0.265 e. The summed E-state index contributed by atoms with van der Waals surface area (Å²) in [4.78, 5) is 7.74. The topological polar surface area (TPSA) is 110 Å². The lowest BCUT2D eigenvalue weighted by atomic mass is 10.3. The summed E-state index contributed by atoms with van der Waals surface area (Å²) in [6, 6.07) is 3.12. The lowest BCUT2D eigenvalue weighted by Gasteiger charge is -2.12. The molecule has 0 fully saturated rings. The van der Waals surface area contributed by atoms with Crippen molar-refractivity contribution >= 4 is 37.5 Å². The highest BCUT2D eigenvalue weighted by Gasteiger charge is 2.21. The fourth-order valence-corrected chi connectivity index (χ4v) is 3.25. The van der Waals surface area contributed by atoms with Crippen LogP contribution < -0.4 is 16.0 Å². The predicted molar refractivity (Wildman–Crippen MR) is 79.5 cm³/mol. The molecule has 4 N–H and O–H groups in total. The minimum atomic E-state index is -3.83. The maximum absolute atomic E-state index is 12.4. The average molecular weight is 358 g/mol. The molecule has 0 aliphatic carbocycles. The fraction of sp³-hybridized carbons (Fsp3) is 0.0909. The van der Waals surface area contributed by atoms with Gasteiger partial charge in [-0.25, -0.2) is 19.2 Å². The second kappa shape index (κ2) is 5.73. The number of hydrogen-bond acceptors (Lipinski definition) is 6. The Morgan fingerprint density at radius 2 is 2.10 bits per heavy atom. The van der Waals surface area contributed by atoms with Crippen molar-refractivity contribution < 1.29 is 8.42 Å². The van der Waals surface area contributed by atoms with E-state index in [1.54, 1.807) is 19.2 Å². The normalized spacial score (nSPS) is 11.2. The van der Waals surface area contributed by atoms with Crippen LogP contribution in [0.15, 0.2) is 40.1 Å². The Balaban J connectivity index is 2.46. The van der Waals surface area contributed by atoms with E-state index in [0.29, 0.717) is 10.2 Å². The van der Waals surface area contributed by atoms with Gasteiger partial charge in [-0.15, -0.1) is 0 Å². The molecule has 0 saturated heterocycles. The summed E-state index contributed by atoms with van der Waals surface area (Å²) in [5.41, 5.74) is 3.42. The quantitative estimate of drug-likeness (QED) is 0.566. The minimum Gasteiger partial charge on any atom is -0.307 e. The first-order valence-electron chi connectivity index (χ1n) is 5.49. The summed E-state index contributed by atoms with van der Waals surface area (Å²) >= 11 is 3.18. The molecule has 2 aromatic heterocycles. The number of nitrogens with one attached hydrogen (secondary N) is 2. The molecule has 0 spiro atoms. The van der Waals surface area contributed by atoms with Gasteiger partial charge in [0.15, 0.2) is 5.82 Å². The van der Waals surface area contributed by atoms with Crippen LogP contribution in [-0.4, -0.2) is 18.4 Å². The van der Waals surface area contributed by atoms with Crippen LogP contribution in [-0.2, 0) is 10.0 Å². The Hall–Kier alpha value is -1.71. The van der Waals surface area contributed by atoms with Crippen molar-refractivity contribution in [3.05, 3.63) is 40.8 Å². The van der Waals surface area contributed by atoms with Crippen molar-refractivity contribution in [3.8, 4) is 0 Å². The van der Waals surface area contributed by atoms with E-state index >= 15 is 0 Å². The van der Waals surface area contributed by atoms with Crippen LogP contribution in [0.5, 0.6) is 0 Å². The van der Waals surface area contributed by atoms with Crippen molar-refractivity contribution in [2.45, 2.75) is 11.8 Å². The van der Waals surface area contributed by atoms with Gasteiger partial charge in [0.2, 0.25) is 0 Å². The molecule has 0 unspecified atom stereocenters. The second-order valence-electron chi connectivity index (χ2n) is 3.94. The van der Waals surface area contributed by atoms with E-state index in [0.717, 1.165) is 5.56 Å². The number of nitrogen functional groups attached to an aromatic ring is 1. The van der Waals surface area contributed by atoms with Gasteiger partial charge in [0.1, 0.15) is 4.90 Å². The first-order valence-corrected chi connectivity index (χ1v) is 7.77. The number of aromatic nitrogens is 2. The molecule has 2 heterocycles. The number of halogens is 1. The number of hydrazine groups is 1. The van der Waals surface area contributed by atoms with Gasteiger partial charge in [-0.3, -0.25) is 9.71 Å². The molecule has 0 radical (unpaired) electrons. The monoisotopic (exact) mass is 357 g/mol. The molecule has 0 atom stereocenters. The van der Waals surface area contributed by atoms with Gasteiger partial charge < -0.3 is 5.43 Å². The molecular weight excluding hydrogens is 346 g/mol. The van der Waals surface area contributed by atoms with Crippen LogP contribution in [0.25, 0.3) is 0 Å². The van der Waals surface area contributed by atoms with Gasteiger partial charge in [0.25, 0.3) is 10.0 Å². The third-order valence-corrected chi connectivity index (χ3v) is 4.34. The third kappa shape index (κ3) is 3.06. The zero-order valence-corrected chi connectivity index (χ0v) is 12.9. The van der Waals surface area contributed by atoms with Gasteiger partial charge in [-0.2, -0.15) is 0 Å². The molecule has 20 heavy (non-hydrogen) atoms. The molecule has 2 rings (SSSR count). The van der Waals surface area contributed by atoms with E-state index in [-0.39, 0.29) is 10.7 Å². The molecule has 0 bridgehead atoms. The van der Waals surface area contributed by atoms with Gasteiger partial charge in [-0.05, 0) is 40.5 Å². The summed E-state index contributed by atoms with van der Waals surface area (Å²) in [5.74, 6) is 5.35. The molecule has 0 aliphatic rings. The van der Waals surface area contributed by atoms with E-state index in [2.05, 4.69) is 36.0 Å². The van der Waals surface area contributed by atoms with Crippen molar-refractivity contribution in [2.24, 2.45) is 5.84 Å². The van der Waals surface area contributed by atoms with Gasteiger partial charge in [-0.1, -0.05) is 0 Å². The zero-order valence-electron chi connectivity index (χ0n) is 10.5. The second-order valence-corrected chi connectivity index (χ2v) is 6.51. The maximum Gasteiger partial charge on any atom is 0.265 e. The van der Waals surface area contributed by atoms with E-state index < -0.39 is 10.0 Å². The van der Waals surface area contributed by atoms with Gasteiger partial charge >= 0.3 is 0 Å². The third-order valence-electron chi connectivity index (χ3n) is 2.53. The maximum atomic E-state index is 12.4. The highest BCUT2D eigenvalue weighted by Crippen LogP contribution is 2.25. The number of nitrogens with two attached hydrogens (primary N) is 1. The number of hydrogen-bond donors (Lipinski definition) is 3. The number of anilines is 2. The highest BCUT2D eigenvalue weighted by molar-refractivity contribution is 9.10. The minimum absolute atomic E-state index is 0.0576. The Morgan fingerprint density at radius 3 is 2.75 bits per heavy atom. The number of sulfonamides is 1. The molecule has 2 aromatic rings. The van der Waals surface area contributed by atoms with Crippen LogP contribution in [0.3, 0.4) is 0 Å². The highest BCUT2D eigenvalue weighted by atomic mass is 79.9. The summed E-state index contributed by atoms with van der Waals surface area (Å²) < 4.78 is 27.8. The van der Waals surface area contributed by atoms with E-state index in [9.17, 15) is 8.42 Å². The Morgan fingerprint density at radius 1 is 1.35 bits per heavy atom. The largest absolute Gasteiger partial charge is 0.307 e. The average Bonchev–Trinajstić information content (AvgIpc) is 2.41. The van der Waals surface area contributed by atoms with Crippen molar-refractivity contribution in [2.75, 3.05) is 10.1 Å². The number of nitrogens with zero attached hydrogens (tertiary/aromatic N) is 2. The van der Waals surface area contributed by atoms with Gasteiger partial charge in [0.05, 0.1) is 11.9 Å². The summed E-state index contributed by atoms with van der Waals surface area (Å²) in [7, 11) is -3.83. The lowest BCUT2D eigenvalue weighted by molar-refractivity contribution is 0.601. The fourth-order valence-electron chi connectivity index (χ4n) is 1.50. The van der Waals surface area contributed by atoms with E-state index in [1.165, 1.54) is 18.5 Å². The molecule has 0 aliphatic heterocycles. The molecule has 0 amide bonds. The number of aryl methyl sites for hydroxylation is 1. The molecule has 106 valence electrons. The van der Waals surface area contributed by atoms with Crippen LogP contribution in [0.1, 0.15) is 5.56 Å². The van der Waals surface area contributed by atoms with E-state index in [4.69, 9.17) is 5.84 Å². The number of rotatable bonds is 4. The van der Waals surface area contributed by atoms with Crippen LogP contribution >= 0.6 is 15.9 Å². The van der Waals surface area contributed by atoms with Crippen LogP contribution in [0.2, 0.25) is 0 Å². The van der Waals surface area contributed by atoms with Gasteiger partial charge in [0, 0.05) is 16.9 Å². The zero-order chi connectivity index (χ0) is 14.8. The SMILES string of the molecule is Cc1ccncc1NS(=O)(=O)c1cc(Br)cnc1NN. The summed E-state index contributed by atoms with van der Waals surface area (Å²) in [5, 5.41) is 0. The predicted octanol–water partition coefficient (Wildman–Crippen LogP) is 1.63. The Bertz CT molecular complexity index is 735. The molecule has 7 nitrogen and oxygen atoms in total. The van der Waals surface area contributed by atoms with E-state index in [1.807, 2.05) is 0 Å². The molecule has 9 heteroatoms. The van der Waals surface area contributed by atoms with Crippen molar-refractivity contribution in [1.29, 1.82) is 0 Å². The first kappa shape index (κ1) is 14.7. The number of pyridine rings is 2.